The maximum absolute atomic E-state index is 9.38. The van der Waals surface area contributed by atoms with Gasteiger partial charge in [-0.25, -0.2) is 0 Å². The molecule has 3 nitrogen and oxygen atoms in total. The molecule has 1 aromatic carbocycles. The number of hydrogen-bond acceptors (Lipinski definition) is 3. The van der Waals surface area contributed by atoms with Gasteiger partial charge in [-0.1, -0.05) is 12.1 Å². The van der Waals surface area contributed by atoms with Gasteiger partial charge in [0.1, 0.15) is 11.9 Å². The van der Waals surface area contributed by atoms with Crippen LogP contribution in [-0.2, 0) is 4.74 Å². The molecule has 16 heavy (non-hydrogen) atoms. The molecule has 0 spiro atoms. The van der Waals surface area contributed by atoms with Crippen LogP contribution in [0.1, 0.15) is 31.4 Å². The topological polar surface area (TPSA) is 38.7 Å². The van der Waals surface area contributed by atoms with Crippen molar-refractivity contribution in [2.24, 2.45) is 0 Å². The summed E-state index contributed by atoms with van der Waals surface area (Å²) in [5.41, 5.74) is 0.916. The van der Waals surface area contributed by atoms with E-state index in [9.17, 15) is 5.11 Å². The summed E-state index contributed by atoms with van der Waals surface area (Å²) in [6.07, 6.45) is 1.76. The lowest BCUT2D eigenvalue weighted by Crippen LogP contribution is -2.25. The highest BCUT2D eigenvalue weighted by atomic mass is 16.5. The van der Waals surface area contributed by atoms with Gasteiger partial charge in [-0.15, -0.1) is 0 Å². The summed E-state index contributed by atoms with van der Waals surface area (Å²) in [6, 6.07) is 7.63. The van der Waals surface area contributed by atoms with Crippen LogP contribution in [0.5, 0.6) is 5.75 Å². The third-order valence-corrected chi connectivity index (χ3v) is 2.83. The predicted molar refractivity (Wildman–Crippen MR) is 61.5 cm³/mol. The molecule has 1 aliphatic rings. The summed E-state index contributed by atoms with van der Waals surface area (Å²) in [5, 5.41) is 9.38. The van der Waals surface area contributed by atoms with Gasteiger partial charge in [0.05, 0.1) is 19.3 Å². The summed E-state index contributed by atoms with van der Waals surface area (Å²) in [6.45, 7) is 3.33. The lowest BCUT2D eigenvalue weighted by Gasteiger charge is -2.23. The highest BCUT2D eigenvalue weighted by Crippen LogP contribution is 2.20. The first kappa shape index (κ1) is 11.4. The molecule has 0 radical (unpaired) electrons. The van der Waals surface area contributed by atoms with E-state index in [2.05, 4.69) is 0 Å². The molecule has 1 atom stereocenters. The van der Waals surface area contributed by atoms with E-state index in [4.69, 9.17) is 9.47 Å². The van der Waals surface area contributed by atoms with Crippen molar-refractivity contribution in [2.75, 3.05) is 13.2 Å². The Morgan fingerprint density at radius 3 is 2.44 bits per heavy atom. The Hall–Kier alpha value is -1.06. The molecule has 1 aromatic rings. The van der Waals surface area contributed by atoms with E-state index in [1.807, 2.05) is 24.3 Å². The van der Waals surface area contributed by atoms with Crippen molar-refractivity contribution < 1.29 is 14.6 Å². The van der Waals surface area contributed by atoms with Gasteiger partial charge < -0.3 is 14.6 Å². The molecule has 0 aliphatic carbocycles. The van der Waals surface area contributed by atoms with Gasteiger partial charge >= 0.3 is 0 Å². The largest absolute Gasteiger partial charge is 0.490 e. The number of benzene rings is 1. The predicted octanol–water partition coefficient (Wildman–Crippen LogP) is 2.30. The average Bonchev–Trinajstić information content (AvgIpc) is 2.31. The fraction of sp³-hybridized carbons (Fsp3) is 0.538. The van der Waals surface area contributed by atoms with E-state index < -0.39 is 6.10 Å². The van der Waals surface area contributed by atoms with Crippen LogP contribution in [0, 0.1) is 0 Å². The van der Waals surface area contributed by atoms with Gasteiger partial charge in [-0.05, 0) is 24.6 Å². The van der Waals surface area contributed by atoms with Crippen molar-refractivity contribution in [3.63, 3.8) is 0 Å². The fourth-order valence-corrected chi connectivity index (χ4v) is 1.81. The summed E-state index contributed by atoms with van der Waals surface area (Å²) >= 11 is 0. The summed E-state index contributed by atoms with van der Waals surface area (Å²) in [4.78, 5) is 0. The van der Waals surface area contributed by atoms with E-state index in [0.717, 1.165) is 37.4 Å². The van der Waals surface area contributed by atoms with Crippen LogP contribution in [0.2, 0.25) is 0 Å². The molecular formula is C13H18O3. The van der Waals surface area contributed by atoms with Crippen molar-refractivity contribution in [2.45, 2.75) is 32.0 Å². The van der Waals surface area contributed by atoms with Crippen LogP contribution in [-0.4, -0.2) is 24.4 Å². The van der Waals surface area contributed by atoms with Gasteiger partial charge in [0, 0.05) is 12.8 Å². The molecule has 0 aromatic heterocycles. The Morgan fingerprint density at radius 2 is 1.88 bits per heavy atom. The zero-order valence-corrected chi connectivity index (χ0v) is 9.56. The monoisotopic (exact) mass is 222 g/mol. The van der Waals surface area contributed by atoms with Gasteiger partial charge in [0.15, 0.2) is 0 Å². The molecule has 0 unspecified atom stereocenters. The van der Waals surface area contributed by atoms with Gasteiger partial charge in [0.25, 0.3) is 0 Å². The van der Waals surface area contributed by atoms with Crippen molar-refractivity contribution in [1.82, 2.24) is 0 Å². The van der Waals surface area contributed by atoms with Gasteiger partial charge in [-0.3, -0.25) is 0 Å². The Bertz CT molecular complexity index is 312. The molecule has 0 saturated carbocycles. The maximum atomic E-state index is 9.38. The van der Waals surface area contributed by atoms with E-state index in [1.54, 1.807) is 6.92 Å². The molecule has 1 aliphatic heterocycles. The SMILES string of the molecule is C[C@H](O)c1ccc(OC2CCOCC2)cc1. The lowest BCUT2D eigenvalue weighted by atomic mass is 10.1. The Labute approximate surface area is 96.0 Å². The second-order valence-corrected chi connectivity index (χ2v) is 4.17. The third kappa shape index (κ3) is 2.97. The molecular weight excluding hydrogens is 204 g/mol. The van der Waals surface area contributed by atoms with Crippen LogP contribution in [0.3, 0.4) is 0 Å². The molecule has 1 N–H and O–H groups in total. The minimum Gasteiger partial charge on any atom is -0.490 e. The van der Waals surface area contributed by atoms with Crippen molar-refractivity contribution in [3.8, 4) is 5.75 Å². The minimum atomic E-state index is -0.419. The zero-order valence-electron chi connectivity index (χ0n) is 9.56. The van der Waals surface area contributed by atoms with Gasteiger partial charge in [-0.2, -0.15) is 0 Å². The first-order chi connectivity index (χ1) is 7.75. The van der Waals surface area contributed by atoms with Crippen molar-refractivity contribution >= 4 is 0 Å². The maximum Gasteiger partial charge on any atom is 0.119 e. The molecule has 3 heteroatoms. The first-order valence-electron chi connectivity index (χ1n) is 5.78. The first-order valence-corrected chi connectivity index (χ1v) is 5.78. The number of rotatable bonds is 3. The van der Waals surface area contributed by atoms with Crippen LogP contribution in [0.25, 0.3) is 0 Å². The quantitative estimate of drug-likeness (QED) is 0.852. The Kier molecular flexibility index (Phi) is 3.80. The minimum absolute atomic E-state index is 0.270. The number of hydrogen-bond donors (Lipinski definition) is 1. The van der Waals surface area contributed by atoms with E-state index in [0.29, 0.717) is 0 Å². The normalized spacial score (nSPS) is 19.4. The molecule has 88 valence electrons. The zero-order chi connectivity index (χ0) is 11.4. The Morgan fingerprint density at radius 1 is 1.25 bits per heavy atom. The van der Waals surface area contributed by atoms with Crippen LogP contribution >= 0.6 is 0 Å². The Balaban J connectivity index is 1.93. The summed E-state index contributed by atoms with van der Waals surface area (Å²) < 4.78 is 11.1. The lowest BCUT2D eigenvalue weighted by molar-refractivity contribution is 0.0255. The van der Waals surface area contributed by atoms with E-state index in [-0.39, 0.29) is 6.10 Å². The van der Waals surface area contributed by atoms with E-state index in [1.165, 1.54) is 0 Å². The third-order valence-electron chi connectivity index (χ3n) is 2.83. The number of aliphatic hydroxyl groups excluding tert-OH is 1. The standard InChI is InChI=1S/C13H18O3/c1-10(14)11-2-4-12(5-3-11)16-13-6-8-15-9-7-13/h2-5,10,13-14H,6-9H2,1H3/t10-/m0/s1. The van der Waals surface area contributed by atoms with Crippen molar-refractivity contribution in [3.05, 3.63) is 29.8 Å². The van der Waals surface area contributed by atoms with E-state index >= 15 is 0 Å². The fourth-order valence-electron chi connectivity index (χ4n) is 1.81. The molecule has 0 bridgehead atoms. The highest BCUT2D eigenvalue weighted by molar-refractivity contribution is 5.28. The molecule has 1 fully saturated rings. The van der Waals surface area contributed by atoms with Crippen LogP contribution in [0.4, 0.5) is 0 Å². The summed E-state index contributed by atoms with van der Waals surface area (Å²) in [5.74, 6) is 0.872. The molecule has 2 rings (SSSR count). The van der Waals surface area contributed by atoms with Crippen LogP contribution < -0.4 is 4.74 Å². The second-order valence-electron chi connectivity index (χ2n) is 4.17. The van der Waals surface area contributed by atoms with Crippen molar-refractivity contribution in [1.29, 1.82) is 0 Å². The number of ether oxygens (including phenoxy) is 2. The molecule has 0 amide bonds. The summed E-state index contributed by atoms with van der Waals surface area (Å²) in [7, 11) is 0. The average molecular weight is 222 g/mol. The second kappa shape index (κ2) is 5.32. The molecule has 1 saturated heterocycles. The van der Waals surface area contributed by atoms with Gasteiger partial charge in [0.2, 0.25) is 0 Å². The van der Waals surface area contributed by atoms with Crippen LogP contribution in [0.15, 0.2) is 24.3 Å². The highest BCUT2D eigenvalue weighted by Gasteiger charge is 2.15. The molecule has 1 heterocycles. The number of aliphatic hydroxyl groups is 1. The smallest absolute Gasteiger partial charge is 0.119 e.